The number of alkyl halides is 2. The predicted octanol–water partition coefficient (Wildman–Crippen LogP) is 2.27. The number of fused-ring (bicyclic) bond motifs is 1. The molecule has 2 aromatic carbocycles. The minimum absolute atomic E-state index is 0.0312. The molecule has 8 heteroatoms. The van der Waals surface area contributed by atoms with E-state index in [0.29, 0.717) is 26.1 Å². The highest BCUT2D eigenvalue weighted by atomic mass is 32.1. The van der Waals surface area contributed by atoms with Crippen LogP contribution >= 0.6 is 11.3 Å². The van der Waals surface area contributed by atoms with Gasteiger partial charge in [0.2, 0.25) is 0 Å². The third kappa shape index (κ3) is 5.97. The van der Waals surface area contributed by atoms with Gasteiger partial charge >= 0.3 is 6.61 Å². The molecule has 0 bridgehead atoms. The molecule has 5 nitrogen and oxygen atoms in total. The summed E-state index contributed by atoms with van der Waals surface area (Å²) in [5.74, 6) is 0.0964. The number of hydrogen-bond donors (Lipinski definition) is 2. The first-order chi connectivity index (χ1) is 13.5. The van der Waals surface area contributed by atoms with Crippen LogP contribution in [0.2, 0.25) is 0 Å². The number of para-hydroxylation sites is 1. The van der Waals surface area contributed by atoms with Gasteiger partial charge in [-0.1, -0.05) is 24.3 Å². The van der Waals surface area contributed by atoms with Crippen molar-refractivity contribution in [2.45, 2.75) is 19.6 Å². The summed E-state index contributed by atoms with van der Waals surface area (Å²) < 4.78 is 29.7. The number of thiazole rings is 1. The fourth-order valence-electron chi connectivity index (χ4n) is 2.84. The summed E-state index contributed by atoms with van der Waals surface area (Å²) in [7, 11) is 1.97. The second-order valence-corrected chi connectivity index (χ2v) is 7.62. The zero-order chi connectivity index (χ0) is 19.9. The second kappa shape index (κ2) is 9.57. The largest absolute Gasteiger partial charge is 0.435 e. The Morgan fingerprint density at radius 2 is 1.96 bits per heavy atom. The molecule has 3 aromatic rings. The van der Waals surface area contributed by atoms with Crippen LogP contribution < -0.4 is 15.0 Å². The molecule has 1 unspecified atom stereocenters. The van der Waals surface area contributed by atoms with Gasteiger partial charge in [-0.2, -0.15) is 8.78 Å². The topological polar surface area (TPSA) is 55.7 Å². The molecule has 2 N–H and O–H groups in total. The molecular formula is C20H22F2N3O2S+. The van der Waals surface area contributed by atoms with E-state index in [1.165, 1.54) is 12.1 Å². The fraction of sp³-hybridized carbons (Fsp3) is 0.300. The Hall–Kier alpha value is -2.58. The van der Waals surface area contributed by atoms with Gasteiger partial charge in [0, 0.05) is 6.54 Å². The number of quaternary nitrogens is 1. The van der Waals surface area contributed by atoms with Crippen LogP contribution in [-0.4, -0.2) is 37.6 Å². The minimum Gasteiger partial charge on any atom is -0.435 e. The molecule has 0 aliphatic carbocycles. The molecule has 1 aromatic heterocycles. The Kier molecular flexibility index (Phi) is 6.89. The van der Waals surface area contributed by atoms with Crippen LogP contribution in [-0.2, 0) is 17.8 Å². The Labute approximate surface area is 166 Å². The van der Waals surface area contributed by atoms with Gasteiger partial charge in [-0.25, -0.2) is 4.98 Å². The van der Waals surface area contributed by atoms with Crippen LogP contribution in [0.4, 0.5) is 8.78 Å². The van der Waals surface area contributed by atoms with Crippen molar-refractivity contribution >= 4 is 27.5 Å². The number of ether oxygens (including phenoxy) is 1. The third-order valence-corrected chi connectivity index (χ3v) is 5.17. The van der Waals surface area contributed by atoms with Crippen molar-refractivity contribution in [3.05, 3.63) is 59.1 Å². The number of likely N-dealkylation sites (N-methyl/N-ethyl adjacent to an activating group) is 1. The van der Waals surface area contributed by atoms with Crippen molar-refractivity contribution < 1.29 is 23.2 Å². The van der Waals surface area contributed by atoms with Crippen molar-refractivity contribution in [2.75, 3.05) is 20.1 Å². The van der Waals surface area contributed by atoms with Gasteiger partial charge in [0.1, 0.15) is 17.3 Å². The van der Waals surface area contributed by atoms with E-state index in [4.69, 9.17) is 0 Å². The van der Waals surface area contributed by atoms with Crippen molar-refractivity contribution in [1.29, 1.82) is 0 Å². The molecule has 1 atom stereocenters. The maximum absolute atomic E-state index is 12.1. The second-order valence-electron chi connectivity index (χ2n) is 6.51. The number of amides is 1. The van der Waals surface area contributed by atoms with E-state index in [1.54, 1.807) is 23.5 Å². The van der Waals surface area contributed by atoms with E-state index in [0.717, 1.165) is 25.7 Å². The number of aromatic nitrogens is 1. The van der Waals surface area contributed by atoms with Crippen molar-refractivity contribution in [2.24, 2.45) is 0 Å². The summed E-state index contributed by atoms with van der Waals surface area (Å²) in [4.78, 5) is 17.8. The highest BCUT2D eigenvalue weighted by molar-refractivity contribution is 7.18. The Bertz CT molecular complexity index is 882. The van der Waals surface area contributed by atoms with Gasteiger partial charge in [-0.3, -0.25) is 4.79 Å². The van der Waals surface area contributed by atoms with Crippen LogP contribution in [0.15, 0.2) is 48.5 Å². The van der Waals surface area contributed by atoms with E-state index >= 15 is 0 Å². The highest BCUT2D eigenvalue weighted by Crippen LogP contribution is 2.20. The summed E-state index contributed by atoms with van der Waals surface area (Å²) in [5, 5.41) is 3.90. The Morgan fingerprint density at radius 1 is 1.21 bits per heavy atom. The van der Waals surface area contributed by atoms with E-state index in [9.17, 15) is 13.6 Å². The quantitative estimate of drug-likeness (QED) is 0.573. The summed E-state index contributed by atoms with van der Waals surface area (Å²) in [5.41, 5.74) is 1.93. The van der Waals surface area contributed by atoms with Crippen molar-refractivity contribution in [3.63, 3.8) is 0 Å². The lowest BCUT2D eigenvalue weighted by Gasteiger charge is -2.12. The van der Waals surface area contributed by atoms with Crippen LogP contribution in [0.25, 0.3) is 10.2 Å². The monoisotopic (exact) mass is 406 g/mol. The molecule has 0 fully saturated rings. The van der Waals surface area contributed by atoms with E-state index in [1.807, 2.05) is 31.3 Å². The molecule has 3 rings (SSSR count). The van der Waals surface area contributed by atoms with Crippen molar-refractivity contribution in [1.82, 2.24) is 10.3 Å². The zero-order valence-electron chi connectivity index (χ0n) is 15.5. The first kappa shape index (κ1) is 20.2. The summed E-state index contributed by atoms with van der Waals surface area (Å²) >= 11 is 1.65. The Balaban J connectivity index is 1.40. The molecule has 0 radical (unpaired) electrons. The van der Waals surface area contributed by atoms with Crippen molar-refractivity contribution in [3.8, 4) is 5.75 Å². The highest BCUT2D eigenvalue weighted by Gasteiger charge is 2.13. The van der Waals surface area contributed by atoms with E-state index in [2.05, 4.69) is 15.0 Å². The average Bonchev–Trinajstić information content (AvgIpc) is 3.04. The minimum atomic E-state index is -2.83. The Morgan fingerprint density at radius 3 is 2.68 bits per heavy atom. The van der Waals surface area contributed by atoms with Crippen LogP contribution in [0, 0.1) is 0 Å². The number of carbonyl (C=O) groups excluding carboxylic acids is 1. The maximum atomic E-state index is 12.1. The van der Waals surface area contributed by atoms with E-state index in [-0.39, 0.29) is 11.7 Å². The normalized spacial score (nSPS) is 12.3. The number of hydrogen-bond acceptors (Lipinski definition) is 4. The lowest BCUT2D eigenvalue weighted by Crippen LogP contribution is -3.08. The molecule has 0 aliphatic heterocycles. The first-order valence-electron chi connectivity index (χ1n) is 8.96. The number of benzene rings is 2. The average molecular weight is 406 g/mol. The first-order valence-corrected chi connectivity index (χ1v) is 9.77. The van der Waals surface area contributed by atoms with Gasteiger partial charge in [0.15, 0.2) is 6.54 Å². The molecule has 0 aliphatic rings. The standard InChI is InChI=1S/C20H21F2N3O2S/c1-25(13-19-24-16-4-2-3-5-17(16)28-19)12-18(26)23-11-10-14-6-8-15(9-7-14)27-20(21)22/h2-9,20H,10-13H2,1H3,(H,23,26)/p+1. The molecular weight excluding hydrogens is 384 g/mol. The molecule has 28 heavy (non-hydrogen) atoms. The van der Waals surface area contributed by atoms with Crippen LogP contribution in [0.1, 0.15) is 10.6 Å². The summed E-state index contributed by atoms with van der Waals surface area (Å²) in [6, 6.07) is 14.4. The molecule has 1 amide bonds. The lowest BCUT2D eigenvalue weighted by molar-refractivity contribution is -0.885. The number of rotatable bonds is 9. The lowest BCUT2D eigenvalue weighted by atomic mass is 10.1. The zero-order valence-corrected chi connectivity index (χ0v) is 16.3. The number of nitrogens with zero attached hydrogens (tertiary/aromatic N) is 1. The summed E-state index contributed by atoms with van der Waals surface area (Å²) in [6.45, 7) is -1.29. The summed E-state index contributed by atoms with van der Waals surface area (Å²) in [6.07, 6.45) is 0.623. The number of carbonyl (C=O) groups is 1. The van der Waals surface area contributed by atoms with Crippen LogP contribution in [0.5, 0.6) is 5.75 Å². The number of halogens is 2. The van der Waals surface area contributed by atoms with Crippen LogP contribution in [0.3, 0.4) is 0 Å². The maximum Gasteiger partial charge on any atom is 0.387 e. The van der Waals surface area contributed by atoms with Gasteiger partial charge in [0.25, 0.3) is 5.91 Å². The smallest absolute Gasteiger partial charge is 0.387 e. The molecule has 0 spiro atoms. The van der Waals surface area contributed by atoms with E-state index < -0.39 is 6.61 Å². The SMILES string of the molecule is C[NH+](CC(=O)NCCc1ccc(OC(F)F)cc1)Cc1nc2ccccc2s1. The fourth-order valence-corrected chi connectivity index (χ4v) is 3.92. The molecule has 148 valence electrons. The molecule has 0 saturated heterocycles. The van der Waals surface area contributed by atoms with Gasteiger partial charge in [-0.05, 0) is 36.2 Å². The van der Waals surface area contributed by atoms with Gasteiger partial charge in [0.05, 0.1) is 17.3 Å². The predicted molar refractivity (Wildman–Crippen MR) is 105 cm³/mol. The molecule has 1 heterocycles. The van der Waals surface area contributed by atoms with Gasteiger partial charge < -0.3 is 15.0 Å². The van der Waals surface area contributed by atoms with Gasteiger partial charge in [-0.15, -0.1) is 11.3 Å². The third-order valence-electron chi connectivity index (χ3n) is 4.14. The molecule has 0 saturated carbocycles. The number of nitrogens with one attached hydrogen (secondary N) is 2.